The summed E-state index contributed by atoms with van der Waals surface area (Å²) in [6.07, 6.45) is 10.3. The van der Waals surface area contributed by atoms with Crippen LogP contribution in [0.5, 0.6) is 11.6 Å². The third kappa shape index (κ3) is 4.27. The highest BCUT2D eigenvalue weighted by atomic mass is 16.5. The summed E-state index contributed by atoms with van der Waals surface area (Å²) in [4.78, 5) is 12.3. The molecule has 0 radical (unpaired) electrons. The maximum absolute atomic E-state index is 6.12. The van der Waals surface area contributed by atoms with Crippen LogP contribution in [0.3, 0.4) is 0 Å². The quantitative estimate of drug-likeness (QED) is 0.420. The van der Waals surface area contributed by atoms with Crippen molar-refractivity contribution in [2.45, 2.75) is 12.5 Å². The van der Waals surface area contributed by atoms with Gasteiger partial charge in [0.15, 0.2) is 0 Å². The fourth-order valence-electron chi connectivity index (χ4n) is 3.51. The molecule has 4 N–H and O–H groups in total. The van der Waals surface area contributed by atoms with E-state index in [0.717, 1.165) is 29.7 Å². The highest BCUT2D eigenvalue weighted by molar-refractivity contribution is 5.82. The van der Waals surface area contributed by atoms with Crippen molar-refractivity contribution in [3.8, 4) is 11.6 Å². The van der Waals surface area contributed by atoms with Gasteiger partial charge >= 0.3 is 0 Å². The maximum atomic E-state index is 6.12. The first-order chi connectivity index (χ1) is 15.3. The Labute approximate surface area is 178 Å². The highest BCUT2D eigenvalue weighted by Gasteiger charge is 2.19. The molecule has 1 unspecified atom stereocenters. The Morgan fingerprint density at radius 2 is 2.29 bits per heavy atom. The summed E-state index contributed by atoms with van der Waals surface area (Å²) in [6, 6.07) is 9.91. The van der Waals surface area contributed by atoms with Crippen LogP contribution in [0.4, 0.5) is 11.6 Å². The average Bonchev–Trinajstić information content (AvgIpc) is 3.54. The lowest BCUT2D eigenvalue weighted by molar-refractivity contribution is 0.184. The minimum atomic E-state index is 0.266. The Hall–Kier alpha value is -3.69. The molecule has 31 heavy (non-hydrogen) atoms. The third-order valence-electron chi connectivity index (χ3n) is 5.04. The predicted molar refractivity (Wildman–Crippen MR) is 118 cm³/mol. The summed E-state index contributed by atoms with van der Waals surface area (Å²) < 4.78 is 13.5. The SMILES string of the molecule is NCC=Cc1cccc(Oc2nc(Nc3cnn(C4CCOC4)c3)nc3[nH]ccc23)c1. The van der Waals surface area contributed by atoms with E-state index in [1.165, 1.54) is 0 Å². The topological polar surface area (TPSA) is 116 Å². The number of benzene rings is 1. The number of H-pyrrole nitrogens is 1. The summed E-state index contributed by atoms with van der Waals surface area (Å²) in [5.74, 6) is 1.57. The highest BCUT2D eigenvalue weighted by Crippen LogP contribution is 2.30. The summed E-state index contributed by atoms with van der Waals surface area (Å²) >= 11 is 0. The van der Waals surface area contributed by atoms with Gasteiger partial charge in [-0.3, -0.25) is 4.68 Å². The van der Waals surface area contributed by atoms with Gasteiger partial charge in [-0.2, -0.15) is 15.1 Å². The molecule has 0 saturated carbocycles. The number of ether oxygens (including phenoxy) is 2. The van der Waals surface area contributed by atoms with Crippen molar-refractivity contribution in [1.82, 2.24) is 24.7 Å². The molecule has 4 heterocycles. The van der Waals surface area contributed by atoms with E-state index >= 15 is 0 Å². The monoisotopic (exact) mass is 417 g/mol. The zero-order chi connectivity index (χ0) is 21.0. The number of hydrogen-bond acceptors (Lipinski definition) is 7. The van der Waals surface area contributed by atoms with Gasteiger partial charge in [0, 0.05) is 25.5 Å². The Bertz CT molecular complexity index is 1210. The first-order valence-electron chi connectivity index (χ1n) is 10.2. The van der Waals surface area contributed by atoms with Crippen LogP contribution in [-0.4, -0.2) is 44.5 Å². The molecule has 1 aromatic carbocycles. The van der Waals surface area contributed by atoms with Gasteiger partial charge in [0.2, 0.25) is 11.8 Å². The molecular formula is C22H23N7O2. The first kappa shape index (κ1) is 19.3. The molecule has 0 spiro atoms. The van der Waals surface area contributed by atoms with E-state index in [2.05, 4.69) is 25.4 Å². The molecule has 9 heteroatoms. The molecule has 0 amide bonds. The molecular weight excluding hydrogens is 394 g/mol. The molecule has 5 rings (SSSR count). The standard InChI is InChI=1S/C22H23N7O2/c23-8-2-4-15-3-1-5-18(11-15)31-21-19-6-9-24-20(19)27-22(28-21)26-16-12-25-29(13-16)17-7-10-30-14-17/h1-6,9,11-13,17H,7-8,10,14,23H2,(H2,24,26,27,28). The maximum Gasteiger partial charge on any atom is 0.233 e. The van der Waals surface area contributed by atoms with Crippen molar-refractivity contribution in [3.05, 3.63) is 60.6 Å². The fraction of sp³-hybridized carbons (Fsp3) is 0.227. The number of hydrogen-bond donors (Lipinski definition) is 3. The lowest BCUT2D eigenvalue weighted by Crippen LogP contribution is -2.08. The second-order valence-electron chi connectivity index (χ2n) is 7.26. The molecule has 0 bridgehead atoms. The van der Waals surface area contributed by atoms with Gasteiger partial charge in [-0.15, -0.1) is 0 Å². The van der Waals surface area contributed by atoms with E-state index in [-0.39, 0.29) is 6.04 Å². The van der Waals surface area contributed by atoms with Gasteiger partial charge in [0.05, 0.1) is 29.9 Å². The van der Waals surface area contributed by atoms with E-state index in [0.29, 0.717) is 36.4 Å². The largest absolute Gasteiger partial charge is 0.438 e. The molecule has 1 fully saturated rings. The number of aromatic amines is 1. The van der Waals surface area contributed by atoms with Crippen molar-refractivity contribution in [1.29, 1.82) is 0 Å². The Kier molecular flexibility index (Phi) is 5.34. The Morgan fingerprint density at radius 3 is 3.16 bits per heavy atom. The summed E-state index contributed by atoms with van der Waals surface area (Å²) in [7, 11) is 0. The molecule has 0 aliphatic carbocycles. The number of nitrogens with two attached hydrogens (primary N) is 1. The van der Waals surface area contributed by atoms with E-state index in [4.69, 9.17) is 15.2 Å². The van der Waals surface area contributed by atoms with Crippen LogP contribution in [0.1, 0.15) is 18.0 Å². The van der Waals surface area contributed by atoms with E-state index in [1.807, 2.05) is 59.6 Å². The number of nitrogens with zero attached hydrogens (tertiary/aromatic N) is 4. The molecule has 158 valence electrons. The van der Waals surface area contributed by atoms with Crippen molar-refractivity contribution < 1.29 is 9.47 Å². The fourth-order valence-corrected chi connectivity index (χ4v) is 3.51. The van der Waals surface area contributed by atoms with Crippen LogP contribution < -0.4 is 15.8 Å². The molecule has 9 nitrogen and oxygen atoms in total. The average molecular weight is 417 g/mol. The molecule has 1 aliphatic heterocycles. The van der Waals surface area contributed by atoms with Crippen LogP contribution >= 0.6 is 0 Å². The number of fused-ring (bicyclic) bond motifs is 1. The lowest BCUT2D eigenvalue weighted by atomic mass is 10.2. The van der Waals surface area contributed by atoms with Crippen molar-refractivity contribution in [2.75, 3.05) is 25.1 Å². The van der Waals surface area contributed by atoms with Crippen molar-refractivity contribution >= 4 is 28.7 Å². The van der Waals surface area contributed by atoms with E-state index in [9.17, 15) is 0 Å². The minimum Gasteiger partial charge on any atom is -0.438 e. The molecule has 1 saturated heterocycles. The Morgan fingerprint density at radius 1 is 1.32 bits per heavy atom. The van der Waals surface area contributed by atoms with Gasteiger partial charge in [-0.1, -0.05) is 24.3 Å². The van der Waals surface area contributed by atoms with Gasteiger partial charge < -0.3 is 25.5 Å². The summed E-state index contributed by atoms with van der Waals surface area (Å²) in [5, 5.41) is 8.46. The molecule has 3 aromatic heterocycles. The van der Waals surface area contributed by atoms with Crippen molar-refractivity contribution in [2.24, 2.45) is 5.73 Å². The molecule has 1 atom stereocenters. The van der Waals surface area contributed by atoms with Crippen LogP contribution in [0, 0.1) is 0 Å². The smallest absolute Gasteiger partial charge is 0.233 e. The van der Waals surface area contributed by atoms with Gasteiger partial charge in [-0.05, 0) is 30.2 Å². The zero-order valence-electron chi connectivity index (χ0n) is 16.9. The Balaban J connectivity index is 1.40. The minimum absolute atomic E-state index is 0.266. The van der Waals surface area contributed by atoms with E-state index in [1.54, 1.807) is 6.20 Å². The molecule has 1 aliphatic rings. The van der Waals surface area contributed by atoms with Crippen LogP contribution in [-0.2, 0) is 4.74 Å². The summed E-state index contributed by atoms with van der Waals surface area (Å²) in [6.45, 7) is 1.94. The van der Waals surface area contributed by atoms with Crippen LogP contribution in [0.2, 0.25) is 0 Å². The molecule has 4 aromatic rings. The van der Waals surface area contributed by atoms with Gasteiger partial charge in [0.1, 0.15) is 11.4 Å². The number of rotatable bonds is 7. The second-order valence-corrected chi connectivity index (χ2v) is 7.26. The number of aromatic nitrogens is 5. The number of anilines is 2. The second kappa shape index (κ2) is 8.58. The van der Waals surface area contributed by atoms with Gasteiger partial charge in [0.25, 0.3) is 0 Å². The van der Waals surface area contributed by atoms with Gasteiger partial charge in [-0.25, -0.2) is 0 Å². The summed E-state index contributed by atoms with van der Waals surface area (Å²) in [5.41, 5.74) is 8.04. The normalized spacial score (nSPS) is 16.4. The number of nitrogens with one attached hydrogen (secondary N) is 2. The van der Waals surface area contributed by atoms with Crippen LogP contribution in [0.25, 0.3) is 17.1 Å². The lowest BCUT2D eigenvalue weighted by Gasteiger charge is -2.09. The van der Waals surface area contributed by atoms with Crippen LogP contribution in [0.15, 0.2) is 55.0 Å². The predicted octanol–water partition coefficient (Wildman–Crippen LogP) is 3.62. The van der Waals surface area contributed by atoms with Crippen molar-refractivity contribution in [3.63, 3.8) is 0 Å². The van der Waals surface area contributed by atoms with E-state index < -0.39 is 0 Å². The first-order valence-corrected chi connectivity index (χ1v) is 10.2. The zero-order valence-corrected chi connectivity index (χ0v) is 16.9. The third-order valence-corrected chi connectivity index (χ3v) is 5.04.